The number of carbonyl (C=O) groups excluding carboxylic acids is 1. The van der Waals surface area contributed by atoms with Crippen LogP contribution in [0.4, 0.5) is 0 Å². The second kappa shape index (κ2) is 6.57. The minimum Gasteiger partial charge on any atom is -0.462 e. The van der Waals surface area contributed by atoms with E-state index in [9.17, 15) is 4.79 Å². The highest BCUT2D eigenvalue weighted by molar-refractivity contribution is 6.30. The monoisotopic (exact) mass is 292 g/mol. The fraction of sp³-hybridized carbons (Fsp3) is 0.333. The van der Waals surface area contributed by atoms with E-state index < -0.39 is 0 Å². The molecule has 0 aliphatic rings. The van der Waals surface area contributed by atoms with Gasteiger partial charge in [-0.25, -0.2) is 9.48 Å². The van der Waals surface area contributed by atoms with Crippen LogP contribution in [0.1, 0.15) is 36.3 Å². The van der Waals surface area contributed by atoms with Gasteiger partial charge in [-0.2, -0.15) is 5.10 Å². The quantitative estimate of drug-likeness (QED) is 0.790. The molecule has 2 aromatic rings. The molecule has 0 aliphatic heterocycles. The van der Waals surface area contributed by atoms with Crippen molar-refractivity contribution in [1.29, 1.82) is 0 Å². The minimum absolute atomic E-state index is 0.329. The topological polar surface area (TPSA) is 44.1 Å². The van der Waals surface area contributed by atoms with Gasteiger partial charge in [0.2, 0.25) is 0 Å². The molecule has 0 unspecified atom stereocenters. The summed E-state index contributed by atoms with van der Waals surface area (Å²) in [6.45, 7) is 4.20. The van der Waals surface area contributed by atoms with Crippen LogP contribution in [0.2, 0.25) is 5.02 Å². The van der Waals surface area contributed by atoms with Crippen molar-refractivity contribution >= 4 is 17.6 Å². The Bertz CT molecular complexity index is 608. The van der Waals surface area contributed by atoms with E-state index in [-0.39, 0.29) is 5.97 Å². The van der Waals surface area contributed by atoms with E-state index in [1.165, 1.54) is 0 Å². The average molecular weight is 293 g/mol. The van der Waals surface area contributed by atoms with Crippen molar-refractivity contribution in [3.05, 3.63) is 46.7 Å². The van der Waals surface area contributed by atoms with Gasteiger partial charge in [0.15, 0.2) is 0 Å². The number of rotatable bonds is 5. The Morgan fingerprint density at radius 3 is 2.85 bits per heavy atom. The van der Waals surface area contributed by atoms with Gasteiger partial charge in [-0.1, -0.05) is 31.0 Å². The average Bonchev–Trinajstić information content (AvgIpc) is 2.83. The largest absolute Gasteiger partial charge is 0.462 e. The fourth-order valence-electron chi connectivity index (χ4n) is 2.06. The Balaban J connectivity index is 2.46. The molecule has 0 atom stereocenters. The molecular formula is C15H17ClN2O2. The lowest BCUT2D eigenvalue weighted by Gasteiger charge is -2.09. The Morgan fingerprint density at radius 1 is 1.40 bits per heavy atom. The normalized spacial score (nSPS) is 10.6. The van der Waals surface area contributed by atoms with Crippen LogP contribution in [0.3, 0.4) is 0 Å². The lowest BCUT2D eigenvalue weighted by atomic mass is 10.1. The second-order valence-corrected chi connectivity index (χ2v) is 4.80. The first-order valence-corrected chi connectivity index (χ1v) is 7.05. The number of benzene rings is 1. The SMILES string of the molecule is CCCc1c(C(=O)OCC)cnn1-c1cccc(Cl)c1. The molecule has 0 saturated heterocycles. The lowest BCUT2D eigenvalue weighted by molar-refractivity contribution is 0.0525. The summed E-state index contributed by atoms with van der Waals surface area (Å²) in [6, 6.07) is 7.40. The smallest absolute Gasteiger partial charge is 0.341 e. The minimum atomic E-state index is -0.329. The zero-order valence-corrected chi connectivity index (χ0v) is 12.4. The summed E-state index contributed by atoms with van der Waals surface area (Å²) in [5.74, 6) is -0.329. The maximum Gasteiger partial charge on any atom is 0.341 e. The molecule has 20 heavy (non-hydrogen) atoms. The first-order valence-electron chi connectivity index (χ1n) is 6.67. The van der Waals surface area contributed by atoms with E-state index in [1.54, 1.807) is 23.9 Å². The van der Waals surface area contributed by atoms with Crippen LogP contribution in [0.5, 0.6) is 0 Å². The van der Waals surface area contributed by atoms with Crippen molar-refractivity contribution in [3.8, 4) is 5.69 Å². The number of carbonyl (C=O) groups is 1. The van der Waals surface area contributed by atoms with Gasteiger partial charge in [0.25, 0.3) is 0 Å². The molecule has 1 heterocycles. The van der Waals surface area contributed by atoms with Crippen molar-refractivity contribution in [2.24, 2.45) is 0 Å². The van der Waals surface area contributed by atoms with Gasteiger partial charge in [-0.15, -0.1) is 0 Å². The highest BCUT2D eigenvalue weighted by Gasteiger charge is 2.18. The second-order valence-electron chi connectivity index (χ2n) is 4.37. The molecule has 0 amide bonds. The summed E-state index contributed by atoms with van der Waals surface area (Å²) in [7, 11) is 0. The molecule has 1 aromatic carbocycles. The first-order chi connectivity index (χ1) is 9.67. The van der Waals surface area contributed by atoms with Crippen molar-refractivity contribution in [1.82, 2.24) is 9.78 Å². The summed E-state index contributed by atoms with van der Waals surface area (Å²) >= 11 is 6.01. The van der Waals surface area contributed by atoms with Crippen LogP contribution in [-0.4, -0.2) is 22.4 Å². The molecule has 2 rings (SSSR count). The van der Waals surface area contributed by atoms with Crippen LogP contribution < -0.4 is 0 Å². The molecule has 0 N–H and O–H groups in total. The molecule has 0 saturated carbocycles. The van der Waals surface area contributed by atoms with Crippen LogP contribution in [0.25, 0.3) is 5.69 Å². The number of hydrogen-bond donors (Lipinski definition) is 0. The molecule has 4 nitrogen and oxygen atoms in total. The molecule has 0 aliphatic carbocycles. The van der Waals surface area contributed by atoms with Crippen LogP contribution in [0.15, 0.2) is 30.5 Å². The molecular weight excluding hydrogens is 276 g/mol. The van der Waals surface area contributed by atoms with Crippen LogP contribution in [-0.2, 0) is 11.2 Å². The number of nitrogens with zero attached hydrogens (tertiary/aromatic N) is 2. The summed E-state index contributed by atoms with van der Waals surface area (Å²) < 4.78 is 6.82. The van der Waals surface area contributed by atoms with E-state index in [0.717, 1.165) is 24.2 Å². The molecule has 106 valence electrons. The maximum absolute atomic E-state index is 12.0. The molecule has 1 aromatic heterocycles. The van der Waals surface area contributed by atoms with Gasteiger partial charge in [0.05, 0.1) is 24.2 Å². The van der Waals surface area contributed by atoms with E-state index >= 15 is 0 Å². The number of hydrogen-bond acceptors (Lipinski definition) is 3. The van der Waals surface area contributed by atoms with Gasteiger partial charge in [0.1, 0.15) is 5.56 Å². The van der Waals surface area contributed by atoms with Gasteiger partial charge in [-0.3, -0.25) is 0 Å². The zero-order chi connectivity index (χ0) is 14.5. The lowest BCUT2D eigenvalue weighted by Crippen LogP contribution is -2.09. The van der Waals surface area contributed by atoms with Crippen molar-refractivity contribution in [3.63, 3.8) is 0 Å². The highest BCUT2D eigenvalue weighted by atomic mass is 35.5. The van der Waals surface area contributed by atoms with Gasteiger partial charge < -0.3 is 4.74 Å². The van der Waals surface area contributed by atoms with E-state index in [2.05, 4.69) is 12.0 Å². The predicted molar refractivity (Wildman–Crippen MR) is 78.5 cm³/mol. The first kappa shape index (κ1) is 14.6. The summed E-state index contributed by atoms with van der Waals surface area (Å²) in [6.07, 6.45) is 3.23. The summed E-state index contributed by atoms with van der Waals surface area (Å²) in [5, 5.41) is 4.94. The van der Waals surface area contributed by atoms with Crippen molar-refractivity contribution in [2.75, 3.05) is 6.61 Å². The van der Waals surface area contributed by atoms with Crippen LogP contribution >= 0.6 is 11.6 Å². The Labute approximate surface area is 123 Å². The number of ether oxygens (including phenoxy) is 1. The third-order valence-electron chi connectivity index (χ3n) is 2.90. The Hall–Kier alpha value is -1.81. The van der Waals surface area contributed by atoms with E-state index in [1.807, 2.05) is 18.2 Å². The number of esters is 1. The maximum atomic E-state index is 12.0. The third-order valence-corrected chi connectivity index (χ3v) is 3.14. The zero-order valence-electron chi connectivity index (χ0n) is 11.6. The van der Waals surface area contributed by atoms with Crippen LogP contribution in [0, 0.1) is 0 Å². The Kier molecular flexibility index (Phi) is 4.79. The molecule has 0 spiro atoms. The summed E-state index contributed by atoms with van der Waals surface area (Å²) in [4.78, 5) is 12.0. The predicted octanol–water partition coefficient (Wildman–Crippen LogP) is 3.65. The van der Waals surface area contributed by atoms with E-state index in [0.29, 0.717) is 17.2 Å². The van der Waals surface area contributed by atoms with Crippen molar-refractivity contribution < 1.29 is 9.53 Å². The Morgan fingerprint density at radius 2 is 2.20 bits per heavy atom. The molecule has 0 radical (unpaired) electrons. The molecule has 5 heteroatoms. The fourth-order valence-corrected chi connectivity index (χ4v) is 2.25. The highest BCUT2D eigenvalue weighted by Crippen LogP contribution is 2.20. The third kappa shape index (κ3) is 3.02. The van der Waals surface area contributed by atoms with E-state index in [4.69, 9.17) is 16.3 Å². The van der Waals surface area contributed by atoms with Gasteiger partial charge in [-0.05, 0) is 31.5 Å². The van der Waals surface area contributed by atoms with Gasteiger partial charge >= 0.3 is 5.97 Å². The molecule has 0 bridgehead atoms. The van der Waals surface area contributed by atoms with Crippen molar-refractivity contribution in [2.45, 2.75) is 26.7 Å². The standard InChI is InChI=1S/C15H17ClN2O2/c1-3-6-14-13(15(19)20-4-2)10-17-18(14)12-8-5-7-11(16)9-12/h5,7-10H,3-4,6H2,1-2H3. The molecule has 0 fully saturated rings. The number of aromatic nitrogens is 2. The van der Waals surface area contributed by atoms with Gasteiger partial charge in [0, 0.05) is 5.02 Å². The summed E-state index contributed by atoms with van der Waals surface area (Å²) in [5.41, 5.74) is 2.22. The number of halogens is 1.